The third-order valence-corrected chi connectivity index (χ3v) is 6.81. The molecule has 0 radical (unpaired) electrons. The number of aromatic nitrogens is 4. The molecule has 7 heteroatoms. The van der Waals surface area contributed by atoms with Gasteiger partial charge in [-0.25, -0.2) is 9.38 Å². The van der Waals surface area contributed by atoms with Crippen LogP contribution in [0.2, 0.25) is 0 Å². The average molecular weight is 585 g/mol. The Hall–Kier alpha value is -4.13. The van der Waals surface area contributed by atoms with Crippen LogP contribution in [-0.4, -0.2) is 25.4 Å². The molecule has 4 aromatic heterocycles. The van der Waals surface area contributed by atoms with E-state index >= 15 is 0 Å². The van der Waals surface area contributed by atoms with Crippen molar-refractivity contribution in [1.29, 1.82) is 0 Å². The molecule has 0 unspecified atom stereocenters. The highest BCUT2D eigenvalue weighted by atomic mass is 19.1. The predicted molar refractivity (Wildman–Crippen MR) is 180 cm³/mol. The minimum atomic E-state index is -0.426. The number of rotatable bonds is 10. The third kappa shape index (κ3) is 10.6. The summed E-state index contributed by atoms with van der Waals surface area (Å²) in [6.45, 7) is 14.9. The smallest absolute Gasteiger partial charge is 0.164 e. The maximum Gasteiger partial charge on any atom is 0.164 e. The van der Waals surface area contributed by atoms with Gasteiger partial charge in [-0.1, -0.05) is 79.5 Å². The van der Waals surface area contributed by atoms with Crippen LogP contribution in [0.3, 0.4) is 0 Å². The summed E-state index contributed by atoms with van der Waals surface area (Å²) in [6, 6.07) is 15.5. The Morgan fingerprint density at radius 3 is 2.26 bits per heavy atom. The number of unbranched alkanes of at least 4 members (excludes halogenated alkanes) is 1. The van der Waals surface area contributed by atoms with Gasteiger partial charge in [0.2, 0.25) is 0 Å². The molecule has 1 N–H and O–H groups in total. The highest BCUT2D eigenvalue weighted by Crippen LogP contribution is 2.26. The fourth-order valence-electron chi connectivity index (χ4n) is 4.57. The van der Waals surface area contributed by atoms with Crippen molar-refractivity contribution in [1.82, 2.24) is 19.5 Å². The molecule has 230 valence electrons. The Kier molecular flexibility index (Phi) is 15.0. The van der Waals surface area contributed by atoms with Gasteiger partial charge in [-0.2, -0.15) is 0 Å². The van der Waals surface area contributed by atoms with Gasteiger partial charge in [0.15, 0.2) is 11.7 Å². The number of nitrogens with zero attached hydrogens (tertiary/aromatic N) is 5. The van der Waals surface area contributed by atoms with E-state index in [0.717, 1.165) is 41.9 Å². The van der Waals surface area contributed by atoms with Gasteiger partial charge in [-0.3, -0.25) is 15.0 Å². The first kappa shape index (κ1) is 35.1. The Labute approximate surface area is 258 Å². The van der Waals surface area contributed by atoms with E-state index in [4.69, 9.17) is 4.99 Å². The number of halogens is 1. The summed E-state index contributed by atoms with van der Waals surface area (Å²) < 4.78 is 16.3. The lowest BCUT2D eigenvalue weighted by atomic mass is 9.84. The molecule has 6 nitrogen and oxygen atoms in total. The summed E-state index contributed by atoms with van der Waals surface area (Å²) in [5, 5.41) is 3.19. The van der Waals surface area contributed by atoms with Crippen LogP contribution in [0.25, 0.3) is 5.70 Å². The number of nitrogens with one attached hydrogen (secondary N) is 1. The lowest BCUT2D eigenvalue weighted by Gasteiger charge is -2.22. The van der Waals surface area contributed by atoms with Crippen molar-refractivity contribution in [3.8, 4) is 0 Å². The Morgan fingerprint density at radius 1 is 0.953 bits per heavy atom. The van der Waals surface area contributed by atoms with Gasteiger partial charge >= 0.3 is 0 Å². The first-order chi connectivity index (χ1) is 20.8. The van der Waals surface area contributed by atoms with Crippen LogP contribution < -0.4 is 5.32 Å². The van der Waals surface area contributed by atoms with E-state index in [1.807, 2.05) is 62.1 Å². The van der Waals surface area contributed by atoms with E-state index in [9.17, 15) is 4.39 Å². The minimum Gasteiger partial charge on any atom is -0.348 e. The van der Waals surface area contributed by atoms with E-state index in [-0.39, 0.29) is 5.41 Å². The second-order valence-electron chi connectivity index (χ2n) is 10.5. The number of hydrogen-bond acceptors (Lipinski definition) is 4. The molecular formula is C36H49FN6. The first-order valence-corrected chi connectivity index (χ1v) is 15.4. The molecular weight excluding hydrogens is 535 g/mol. The molecule has 0 saturated carbocycles. The zero-order valence-corrected chi connectivity index (χ0v) is 27.2. The molecule has 0 saturated heterocycles. The van der Waals surface area contributed by atoms with Crippen molar-refractivity contribution in [2.24, 2.45) is 12.0 Å². The molecule has 0 amide bonds. The molecule has 0 aliphatic heterocycles. The second-order valence-corrected chi connectivity index (χ2v) is 10.5. The number of allylic oxidation sites excluding steroid dienone is 1. The van der Waals surface area contributed by atoms with E-state index in [1.165, 1.54) is 24.7 Å². The minimum absolute atomic E-state index is 0.232. The number of amidine groups is 1. The fourth-order valence-corrected chi connectivity index (χ4v) is 4.57. The molecule has 0 fully saturated rings. The summed E-state index contributed by atoms with van der Waals surface area (Å²) >= 11 is 0. The third-order valence-electron chi connectivity index (χ3n) is 6.81. The van der Waals surface area contributed by atoms with Crippen molar-refractivity contribution < 1.29 is 4.39 Å². The number of pyridine rings is 3. The Morgan fingerprint density at radius 2 is 1.67 bits per heavy atom. The Bertz CT molecular complexity index is 1410. The SMILES string of the molecule is CC.CCC/C=C(/N=C(Nc1ccncc1F)c1c(CC)ccn1C)c1ccccn1.CCCC(C)(C)c1ccccn1. The zero-order chi connectivity index (χ0) is 31.7. The summed E-state index contributed by atoms with van der Waals surface area (Å²) in [5.74, 6) is 0.150. The predicted octanol–water partition coefficient (Wildman–Crippen LogP) is 9.40. The molecule has 4 aromatic rings. The van der Waals surface area contributed by atoms with Crippen LogP contribution >= 0.6 is 0 Å². The molecule has 0 bridgehead atoms. The van der Waals surface area contributed by atoms with Crippen molar-refractivity contribution in [3.05, 3.63) is 114 Å². The quantitative estimate of drug-likeness (QED) is 0.149. The van der Waals surface area contributed by atoms with Crippen LogP contribution in [0, 0.1) is 5.82 Å². The number of anilines is 1. The van der Waals surface area contributed by atoms with Gasteiger partial charge in [0, 0.05) is 42.9 Å². The van der Waals surface area contributed by atoms with Gasteiger partial charge < -0.3 is 9.88 Å². The van der Waals surface area contributed by atoms with Crippen LogP contribution in [0.15, 0.2) is 90.6 Å². The molecule has 4 rings (SSSR count). The summed E-state index contributed by atoms with van der Waals surface area (Å²) in [5.41, 5.74) is 5.35. The lowest BCUT2D eigenvalue weighted by Crippen LogP contribution is -2.20. The second kappa shape index (κ2) is 18.4. The van der Waals surface area contributed by atoms with Gasteiger partial charge in [0.05, 0.1) is 29.0 Å². The lowest BCUT2D eigenvalue weighted by molar-refractivity contribution is 0.459. The normalized spacial score (nSPS) is 11.7. The average Bonchev–Trinajstić information content (AvgIpc) is 3.42. The summed E-state index contributed by atoms with van der Waals surface area (Å²) in [6.07, 6.45) is 15.6. The molecule has 43 heavy (non-hydrogen) atoms. The van der Waals surface area contributed by atoms with Crippen LogP contribution in [-0.2, 0) is 18.9 Å². The monoisotopic (exact) mass is 584 g/mol. The van der Waals surface area contributed by atoms with Crippen molar-refractivity contribution in [2.45, 2.75) is 86.0 Å². The molecule has 0 atom stereocenters. The Balaban J connectivity index is 0.000000385. The number of hydrogen-bond donors (Lipinski definition) is 1. The van der Waals surface area contributed by atoms with Gasteiger partial charge in [0.25, 0.3) is 0 Å². The maximum absolute atomic E-state index is 14.3. The summed E-state index contributed by atoms with van der Waals surface area (Å²) in [7, 11) is 1.96. The topological polar surface area (TPSA) is 68.0 Å². The van der Waals surface area contributed by atoms with Crippen molar-refractivity contribution >= 4 is 17.2 Å². The summed E-state index contributed by atoms with van der Waals surface area (Å²) in [4.78, 5) is 17.6. The molecule has 0 aliphatic carbocycles. The van der Waals surface area contributed by atoms with E-state index in [1.54, 1.807) is 18.5 Å². The van der Waals surface area contributed by atoms with Crippen molar-refractivity contribution in [3.63, 3.8) is 0 Å². The molecule has 0 spiro atoms. The molecule has 0 aliphatic rings. The number of aliphatic imine (C=N–C) groups is 1. The number of aryl methyl sites for hydroxylation is 2. The molecule has 0 aromatic carbocycles. The zero-order valence-electron chi connectivity index (χ0n) is 27.2. The van der Waals surface area contributed by atoms with E-state index in [2.05, 4.69) is 79.2 Å². The van der Waals surface area contributed by atoms with Crippen molar-refractivity contribution in [2.75, 3.05) is 5.32 Å². The first-order valence-electron chi connectivity index (χ1n) is 15.4. The van der Waals surface area contributed by atoms with Gasteiger partial charge in [-0.15, -0.1) is 0 Å². The van der Waals surface area contributed by atoms with Crippen LogP contribution in [0.4, 0.5) is 10.1 Å². The highest BCUT2D eigenvalue weighted by molar-refractivity contribution is 6.10. The standard InChI is InChI=1S/C23H26FN5.C11H17N.C2H6/c1-4-6-9-21(20-10-7-8-13-26-20)28-23(22-17(5-2)12-15-29(22)3)27-19-11-14-25-16-18(19)24;1-4-8-11(2,3)10-7-5-6-9-12-10;1-2/h7-16H,4-6H2,1-3H3,(H,25,27,28);5-7,9H,4,8H2,1-3H3;1-2H3/b21-9+;;. The van der Waals surface area contributed by atoms with Crippen LogP contribution in [0.5, 0.6) is 0 Å². The fraction of sp³-hybridized carbons (Fsp3) is 0.389. The van der Waals surface area contributed by atoms with E-state index in [0.29, 0.717) is 11.5 Å². The highest BCUT2D eigenvalue weighted by Gasteiger charge is 2.20. The van der Waals surface area contributed by atoms with Crippen LogP contribution in [0.1, 0.15) is 96.8 Å². The maximum atomic E-state index is 14.3. The van der Waals surface area contributed by atoms with E-state index < -0.39 is 5.82 Å². The largest absolute Gasteiger partial charge is 0.348 e. The van der Waals surface area contributed by atoms with Gasteiger partial charge in [-0.05, 0) is 61.2 Å². The van der Waals surface area contributed by atoms with Gasteiger partial charge in [0.1, 0.15) is 0 Å². The molecule has 4 heterocycles.